The van der Waals surface area contributed by atoms with Crippen molar-refractivity contribution < 1.29 is 0 Å². The topological polar surface area (TPSA) is 77.3 Å². The molecule has 0 spiro atoms. The van der Waals surface area contributed by atoms with Gasteiger partial charge in [0.15, 0.2) is 11.6 Å². The molecule has 4 heterocycles. The second-order valence-corrected chi connectivity index (χ2v) is 29.6. The van der Waals surface area contributed by atoms with E-state index in [0.29, 0.717) is 11.6 Å². The third-order valence-corrected chi connectivity index (χ3v) is 22.2. The number of aromatic nitrogens is 6. The predicted molar refractivity (Wildman–Crippen MR) is 491 cm³/mol. The number of nitrogens with zero attached hydrogens (tertiary/aromatic N) is 6. The number of hydrogen-bond acceptors (Lipinski definition) is 6. The van der Waals surface area contributed by atoms with Crippen molar-refractivity contribution in [2.75, 3.05) is 0 Å². The normalized spacial score (nSPS) is 11.2. The molecule has 4 aromatic heterocycles. The van der Waals surface area contributed by atoms with Crippen LogP contribution in [0, 0.1) is 0 Å². The molecule has 21 rings (SSSR count). The Morgan fingerprint density at radius 1 is 0.127 bits per heavy atom. The summed E-state index contributed by atoms with van der Waals surface area (Å²) >= 11 is 0. The first kappa shape index (κ1) is 71.3. The summed E-state index contributed by atoms with van der Waals surface area (Å²) < 4.78 is 0. The fourth-order valence-corrected chi connectivity index (χ4v) is 16.3. The molecule has 0 aliphatic rings. The second kappa shape index (κ2) is 32.0. The number of rotatable bonds is 15. The van der Waals surface area contributed by atoms with E-state index < -0.39 is 0 Å². The van der Waals surface area contributed by atoms with Crippen molar-refractivity contribution in [3.8, 4) is 168 Å². The Balaban J connectivity index is 0.000000152. The van der Waals surface area contributed by atoms with E-state index in [1.807, 2.05) is 24.3 Å². The maximum Gasteiger partial charge on any atom is 0.160 e. The van der Waals surface area contributed by atoms with E-state index in [4.69, 9.17) is 29.9 Å². The van der Waals surface area contributed by atoms with Gasteiger partial charge in [-0.15, -0.1) is 0 Å². The highest BCUT2D eigenvalue weighted by Gasteiger charge is 2.21. The summed E-state index contributed by atoms with van der Waals surface area (Å²) in [4.78, 5) is 31.3. The van der Waals surface area contributed by atoms with Crippen molar-refractivity contribution in [2.24, 2.45) is 0 Å². The lowest BCUT2D eigenvalue weighted by Gasteiger charge is -2.15. The summed E-state index contributed by atoms with van der Waals surface area (Å²) in [6.45, 7) is 0. The maximum absolute atomic E-state index is 5.29. The van der Waals surface area contributed by atoms with Gasteiger partial charge in [-0.3, -0.25) is 0 Å². The molecule has 0 radical (unpaired) electrons. The standard InChI is InChI=1S/C59H39N3.C53H35N3/c1-5-16-40(17-6-1)46-24-13-26-49(36-46)56-39-55(61-59(62-56)50-27-14-25-47(37-50)41-18-7-2-8-19-41)44-32-30-42(31-33-44)48-34-35-54-53(38-48)57-51(43-20-9-3-10-21-43)28-15-29-52(57)58(60-54)45-22-11-4-12-23-45;1-5-15-36(16-6-1)42-23-13-24-44(33-42)53-55-49(39-19-9-3-10-20-39)35-50(56-53)40-29-27-37(28-30-40)43-31-32-48-47(34-43)51-45(38-17-7-2-8-18-38)25-14-26-46(51)52(54-48)41-21-11-4-12-22-41/h1-39H;1-35H. The summed E-state index contributed by atoms with van der Waals surface area (Å²) in [5.41, 5.74) is 31.9. The monoisotopic (exact) mass is 1500 g/mol. The van der Waals surface area contributed by atoms with Gasteiger partial charge in [0, 0.05) is 76.8 Å². The lowest BCUT2D eigenvalue weighted by molar-refractivity contribution is 1.18. The van der Waals surface area contributed by atoms with Crippen LogP contribution >= 0.6 is 0 Å². The average Bonchev–Trinajstić information content (AvgIpc) is 0.744. The van der Waals surface area contributed by atoms with Gasteiger partial charge in [0.05, 0.1) is 45.2 Å². The molecule has 118 heavy (non-hydrogen) atoms. The predicted octanol–water partition coefficient (Wildman–Crippen LogP) is 29.4. The van der Waals surface area contributed by atoms with Gasteiger partial charge in [0.25, 0.3) is 0 Å². The number of hydrogen-bond donors (Lipinski definition) is 0. The van der Waals surface area contributed by atoms with Crippen LogP contribution < -0.4 is 0 Å². The minimum absolute atomic E-state index is 0.683. The van der Waals surface area contributed by atoms with Gasteiger partial charge < -0.3 is 0 Å². The average molecular weight is 1500 g/mol. The molecule has 6 heteroatoms. The fraction of sp³-hybridized carbons (Fsp3) is 0. The second-order valence-electron chi connectivity index (χ2n) is 29.6. The van der Waals surface area contributed by atoms with Crippen molar-refractivity contribution in [3.63, 3.8) is 0 Å². The quantitative estimate of drug-likeness (QED) is 0.0952. The summed E-state index contributed by atoms with van der Waals surface area (Å²) in [6.07, 6.45) is 0. The van der Waals surface area contributed by atoms with Crippen LogP contribution in [0.5, 0.6) is 0 Å². The molecule has 0 saturated carbocycles. The molecule has 21 aromatic rings. The van der Waals surface area contributed by atoms with E-state index >= 15 is 0 Å². The molecule has 0 aliphatic carbocycles. The van der Waals surface area contributed by atoms with E-state index in [2.05, 4.69) is 425 Å². The highest BCUT2D eigenvalue weighted by atomic mass is 14.9. The Hall–Kier alpha value is -15.8. The molecular weight excluding hydrogens is 1430 g/mol. The van der Waals surface area contributed by atoms with Crippen molar-refractivity contribution in [2.45, 2.75) is 0 Å². The third kappa shape index (κ3) is 14.6. The molecule has 0 atom stereocenters. The molecule has 0 N–H and O–H groups in total. The molecule has 552 valence electrons. The van der Waals surface area contributed by atoms with Gasteiger partial charge in [-0.25, -0.2) is 29.9 Å². The van der Waals surface area contributed by atoms with E-state index in [-0.39, 0.29) is 0 Å². The zero-order valence-electron chi connectivity index (χ0n) is 64.4. The van der Waals surface area contributed by atoms with Crippen molar-refractivity contribution in [1.29, 1.82) is 0 Å². The summed E-state index contributed by atoms with van der Waals surface area (Å²) in [7, 11) is 0. The Morgan fingerprint density at radius 3 is 0.720 bits per heavy atom. The van der Waals surface area contributed by atoms with Crippen LogP contribution in [0.3, 0.4) is 0 Å². The van der Waals surface area contributed by atoms with Gasteiger partial charge in [-0.05, 0) is 132 Å². The van der Waals surface area contributed by atoms with E-state index in [1.54, 1.807) is 0 Å². The first-order valence-electron chi connectivity index (χ1n) is 39.9. The Labute approximate surface area is 685 Å². The molecule has 0 unspecified atom stereocenters. The number of pyridine rings is 2. The SMILES string of the molecule is c1ccc(-c2cccc(-c3cc(-c4ccc(-c5ccc6nc(-c7ccccc7)c7cccc(-c8ccccc8)c7c6c5)cc4)nc(-c4cccc(-c5ccccc5)c4)n3)c2)cc1.c1ccc(-c2cccc(-c3nc(-c4ccccc4)cc(-c4ccc(-c5ccc6nc(-c7ccccc7)c7cccc(-c8ccccc8)c7c6c5)cc4)n3)c2)cc1. The van der Waals surface area contributed by atoms with E-state index in [9.17, 15) is 0 Å². The van der Waals surface area contributed by atoms with Crippen LogP contribution in [0.1, 0.15) is 0 Å². The molecule has 0 bridgehead atoms. The number of benzene rings is 17. The van der Waals surface area contributed by atoms with Crippen molar-refractivity contribution >= 4 is 43.4 Å². The summed E-state index contributed by atoms with van der Waals surface area (Å²) in [6, 6.07) is 158. The summed E-state index contributed by atoms with van der Waals surface area (Å²) in [5.74, 6) is 1.38. The van der Waals surface area contributed by atoms with Gasteiger partial charge in [-0.2, -0.15) is 0 Å². The summed E-state index contributed by atoms with van der Waals surface area (Å²) in [5, 5.41) is 6.94. The molecule has 0 amide bonds. The Bertz CT molecular complexity index is 7120. The molecule has 6 nitrogen and oxygen atoms in total. The van der Waals surface area contributed by atoms with Crippen LogP contribution in [0.4, 0.5) is 0 Å². The van der Waals surface area contributed by atoms with Crippen LogP contribution in [0.25, 0.3) is 212 Å². The fourth-order valence-electron chi connectivity index (χ4n) is 16.3. The molecule has 17 aromatic carbocycles. The maximum atomic E-state index is 5.29. The molecule has 0 fully saturated rings. The van der Waals surface area contributed by atoms with Crippen LogP contribution in [-0.4, -0.2) is 29.9 Å². The zero-order chi connectivity index (χ0) is 78.5. The van der Waals surface area contributed by atoms with E-state index in [1.165, 1.54) is 38.6 Å². The molecular formula is C112H74N6. The first-order valence-corrected chi connectivity index (χ1v) is 39.9. The van der Waals surface area contributed by atoms with Gasteiger partial charge in [0.1, 0.15) is 0 Å². The first-order chi connectivity index (χ1) is 58.5. The van der Waals surface area contributed by atoms with Gasteiger partial charge in [-0.1, -0.05) is 394 Å². The lowest BCUT2D eigenvalue weighted by Crippen LogP contribution is -1.96. The highest BCUT2D eigenvalue weighted by molar-refractivity contribution is 6.19. The third-order valence-electron chi connectivity index (χ3n) is 22.2. The minimum atomic E-state index is 0.683. The van der Waals surface area contributed by atoms with Gasteiger partial charge >= 0.3 is 0 Å². The number of fused-ring (bicyclic) bond motifs is 6. The Kier molecular flexibility index (Phi) is 19.3. The smallest absolute Gasteiger partial charge is 0.160 e. The minimum Gasteiger partial charge on any atom is -0.247 e. The van der Waals surface area contributed by atoms with Crippen molar-refractivity contribution in [3.05, 3.63) is 449 Å². The van der Waals surface area contributed by atoms with Gasteiger partial charge in [0.2, 0.25) is 0 Å². The van der Waals surface area contributed by atoms with Crippen LogP contribution in [0.2, 0.25) is 0 Å². The highest BCUT2D eigenvalue weighted by Crippen LogP contribution is 2.44. The van der Waals surface area contributed by atoms with Crippen LogP contribution in [-0.2, 0) is 0 Å². The van der Waals surface area contributed by atoms with E-state index in [0.717, 1.165) is 161 Å². The molecule has 0 aliphatic heterocycles. The van der Waals surface area contributed by atoms with Crippen LogP contribution in [0.15, 0.2) is 449 Å². The Morgan fingerprint density at radius 2 is 0.364 bits per heavy atom. The lowest BCUT2D eigenvalue weighted by atomic mass is 9.91. The zero-order valence-corrected chi connectivity index (χ0v) is 64.4. The molecule has 0 saturated heterocycles. The largest absolute Gasteiger partial charge is 0.247 e. The van der Waals surface area contributed by atoms with Crippen molar-refractivity contribution in [1.82, 2.24) is 29.9 Å².